The van der Waals surface area contributed by atoms with Crippen LogP contribution >= 0.6 is 0 Å². The Kier molecular flexibility index (Phi) is 7.82. The number of rotatable bonds is 8. The maximum absolute atomic E-state index is 12.4. The van der Waals surface area contributed by atoms with Gasteiger partial charge in [-0.05, 0) is 61.6 Å². The average molecular weight is 687 g/mol. The van der Waals surface area contributed by atoms with E-state index in [-0.39, 0.29) is 11.6 Å². The van der Waals surface area contributed by atoms with Crippen LogP contribution in [-0.4, -0.2) is 84.3 Å². The van der Waals surface area contributed by atoms with Crippen molar-refractivity contribution in [3.8, 4) is 22.5 Å². The van der Waals surface area contributed by atoms with Gasteiger partial charge in [0.2, 0.25) is 5.91 Å². The summed E-state index contributed by atoms with van der Waals surface area (Å²) in [5.74, 6) is 1.03. The molecule has 1 aromatic carbocycles. The average Bonchev–Trinajstić information content (AvgIpc) is 3.75. The number of nitrogens with two attached hydrogens (primary N) is 1. The molecule has 0 bridgehead atoms. The van der Waals surface area contributed by atoms with E-state index in [9.17, 15) is 9.59 Å². The Bertz CT molecular complexity index is 2120. The zero-order valence-corrected chi connectivity index (χ0v) is 28.9. The highest BCUT2D eigenvalue weighted by molar-refractivity contribution is 5.97. The Morgan fingerprint density at radius 1 is 1.06 bits per heavy atom. The SMILES string of the molecule is CC(=O)N1CCc2c(c(-c3cccc4cc(-c5cnn(CCC6CC7(C6)CN(c6ccc(C(N)=O)nn6)C7)c5)ncc34)nn2C2CCOCC2)C1. The fourth-order valence-electron chi connectivity index (χ4n) is 8.81. The van der Waals surface area contributed by atoms with E-state index in [1.54, 1.807) is 13.0 Å². The van der Waals surface area contributed by atoms with Crippen molar-refractivity contribution in [1.82, 2.24) is 39.6 Å². The van der Waals surface area contributed by atoms with Crippen molar-refractivity contribution in [2.45, 2.75) is 64.6 Å². The molecule has 4 aliphatic rings. The number of hydrogen-bond acceptors (Lipinski definition) is 9. The van der Waals surface area contributed by atoms with Gasteiger partial charge >= 0.3 is 0 Å². The van der Waals surface area contributed by atoms with Crippen molar-refractivity contribution in [2.24, 2.45) is 17.1 Å². The number of carbonyl (C=O) groups excluding carboxylic acids is 2. The van der Waals surface area contributed by atoms with Crippen molar-refractivity contribution < 1.29 is 14.3 Å². The molecule has 0 radical (unpaired) electrons. The van der Waals surface area contributed by atoms with Gasteiger partial charge in [0.15, 0.2) is 11.5 Å². The summed E-state index contributed by atoms with van der Waals surface area (Å²) in [6, 6.07) is 12.3. The Labute approximate surface area is 295 Å². The molecule has 2 amide bonds. The predicted octanol–water partition coefficient (Wildman–Crippen LogP) is 4.41. The Hall–Kier alpha value is -5.17. The monoisotopic (exact) mass is 686 g/mol. The molecule has 1 spiro atoms. The summed E-state index contributed by atoms with van der Waals surface area (Å²) in [6.45, 7) is 7.28. The number of benzene rings is 1. The van der Waals surface area contributed by atoms with Crippen LogP contribution in [0.3, 0.4) is 0 Å². The lowest BCUT2D eigenvalue weighted by Gasteiger charge is -2.59. The summed E-state index contributed by atoms with van der Waals surface area (Å²) in [6.07, 6.45) is 12.2. The van der Waals surface area contributed by atoms with Crippen molar-refractivity contribution in [3.63, 3.8) is 0 Å². The molecule has 4 aromatic heterocycles. The zero-order chi connectivity index (χ0) is 34.7. The third-order valence-electron chi connectivity index (χ3n) is 11.5. The minimum absolute atomic E-state index is 0.0967. The molecule has 51 heavy (non-hydrogen) atoms. The summed E-state index contributed by atoms with van der Waals surface area (Å²) in [5.41, 5.74) is 12.2. The molecule has 262 valence electrons. The summed E-state index contributed by atoms with van der Waals surface area (Å²) >= 11 is 0. The van der Waals surface area contributed by atoms with E-state index < -0.39 is 5.91 Å². The molecule has 2 saturated heterocycles. The maximum Gasteiger partial charge on any atom is 0.269 e. The molecule has 13 heteroatoms. The van der Waals surface area contributed by atoms with Gasteiger partial charge in [0.1, 0.15) is 0 Å². The van der Waals surface area contributed by atoms with Gasteiger partial charge in [-0.25, -0.2) is 0 Å². The van der Waals surface area contributed by atoms with Gasteiger partial charge in [-0.2, -0.15) is 10.2 Å². The first kappa shape index (κ1) is 31.8. The van der Waals surface area contributed by atoms with E-state index in [2.05, 4.69) is 50.2 Å². The fraction of sp³-hybridized carbons (Fsp3) is 0.447. The number of primary amides is 1. The van der Waals surface area contributed by atoms with Crippen LogP contribution in [0.4, 0.5) is 5.82 Å². The lowest BCUT2D eigenvalue weighted by Crippen LogP contribution is -2.62. The molecule has 5 aromatic rings. The van der Waals surface area contributed by atoms with Crippen LogP contribution in [0.2, 0.25) is 0 Å². The van der Waals surface area contributed by atoms with Gasteiger partial charge in [-0.3, -0.25) is 23.9 Å². The number of fused-ring (bicyclic) bond motifs is 2. The predicted molar refractivity (Wildman–Crippen MR) is 191 cm³/mol. The van der Waals surface area contributed by atoms with E-state index in [0.29, 0.717) is 23.9 Å². The minimum atomic E-state index is -0.559. The highest BCUT2D eigenvalue weighted by atomic mass is 16.5. The summed E-state index contributed by atoms with van der Waals surface area (Å²) in [5, 5.41) is 20.2. The first-order valence-corrected chi connectivity index (χ1v) is 18.1. The van der Waals surface area contributed by atoms with Gasteiger partial charge in [-0.15, -0.1) is 10.2 Å². The summed E-state index contributed by atoms with van der Waals surface area (Å²) in [4.78, 5) is 32.8. The topological polar surface area (TPSA) is 150 Å². The second-order valence-corrected chi connectivity index (χ2v) is 14.9. The highest BCUT2D eigenvalue weighted by Crippen LogP contribution is 2.53. The van der Waals surface area contributed by atoms with Crippen LogP contribution < -0.4 is 10.6 Å². The standard InChI is InChI=1S/C38H42N10O3/c1-24(49)45-11-8-34-31(21-45)36(44-48(34)28-9-13-51-14-10-28)29-4-2-3-26-15-33(40-19-30(26)29)27-18-41-47(20-27)12-7-25-16-38(17-25)22-46(23-38)35-6-5-32(37(39)50)42-43-35/h2-6,15,18-20,25,28H,7-14,16-17,21-23H2,1H3,(H2,39,50). The van der Waals surface area contributed by atoms with Crippen LogP contribution in [0.5, 0.6) is 0 Å². The molecule has 2 N–H and O–H groups in total. The van der Waals surface area contributed by atoms with E-state index in [1.807, 2.05) is 28.0 Å². The van der Waals surface area contributed by atoms with E-state index >= 15 is 0 Å². The van der Waals surface area contributed by atoms with Crippen molar-refractivity contribution in [3.05, 3.63) is 71.9 Å². The van der Waals surface area contributed by atoms with Gasteiger partial charge in [0.25, 0.3) is 5.91 Å². The highest BCUT2D eigenvalue weighted by Gasteiger charge is 2.52. The molecular weight excluding hydrogens is 644 g/mol. The normalized spacial score (nSPS) is 18.8. The van der Waals surface area contributed by atoms with Crippen LogP contribution in [-0.2, 0) is 29.0 Å². The quantitative estimate of drug-likeness (QED) is 0.250. The lowest BCUT2D eigenvalue weighted by molar-refractivity contribution is -0.129. The lowest BCUT2D eigenvalue weighted by atomic mass is 9.57. The van der Waals surface area contributed by atoms with E-state index in [0.717, 1.165) is 110 Å². The van der Waals surface area contributed by atoms with Crippen molar-refractivity contribution in [1.29, 1.82) is 0 Å². The number of ether oxygens (including phenoxy) is 1. The van der Waals surface area contributed by atoms with E-state index in [4.69, 9.17) is 25.7 Å². The van der Waals surface area contributed by atoms with Crippen molar-refractivity contribution >= 4 is 28.4 Å². The number of nitrogens with zero attached hydrogens (tertiary/aromatic N) is 9. The molecule has 3 aliphatic heterocycles. The number of hydrogen-bond donors (Lipinski definition) is 1. The van der Waals surface area contributed by atoms with Gasteiger partial charge < -0.3 is 20.3 Å². The molecule has 0 unspecified atom stereocenters. The molecule has 13 nitrogen and oxygen atoms in total. The number of anilines is 1. The van der Waals surface area contributed by atoms with Crippen molar-refractivity contribution in [2.75, 3.05) is 37.7 Å². The molecule has 0 atom stereocenters. The van der Waals surface area contributed by atoms with E-state index in [1.165, 1.54) is 18.5 Å². The number of aryl methyl sites for hydroxylation is 1. The van der Waals surface area contributed by atoms with Gasteiger partial charge in [0.05, 0.1) is 23.6 Å². The molecule has 3 fully saturated rings. The minimum Gasteiger partial charge on any atom is -0.381 e. The first-order valence-electron chi connectivity index (χ1n) is 18.1. The largest absolute Gasteiger partial charge is 0.381 e. The zero-order valence-electron chi connectivity index (χ0n) is 28.9. The Balaban J connectivity index is 0.874. The second-order valence-electron chi connectivity index (χ2n) is 14.9. The van der Waals surface area contributed by atoms with Crippen LogP contribution in [0.15, 0.2) is 55.0 Å². The smallest absolute Gasteiger partial charge is 0.269 e. The van der Waals surface area contributed by atoms with Crippen LogP contribution in [0.25, 0.3) is 33.3 Å². The molecule has 7 heterocycles. The van der Waals surface area contributed by atoms with Gasteiger partial charge in [-0.1, -0.05) is 18.2 Å². The Morgan fingerprint density at radius 3 is 2.67 bits per heavy atom. The summed E-state index contributed by atoms with van der Waals surface area (Å²) in [7, 11) is 0. The molecular formula is C38H42N10O3. The number of carbonyl (C=O) groups is 2. The maximum atomic E-state index is 12.4. The number of pyridine rings is 1. The molecule has 1 aliphatic carbocycles. The third kappa shape index (κ3) is 5.82. The second kappa shape index (κ2) is 12.6. The number of aromatic nitrogens is 7. The third-order valence-corrected chi connectivity index (χ3v) is 11.5. The van der Waals surface area contributed by atoms with Gasteiger partial charge in [0, 0.05) is 105 Å². The Morgan fingerprint density at radius 2 is 1.90 bits per heavy atom. The first-order chi connectivity index (χ1) is 24.8. The van der Waals surface area contributed by atoms with Crippen LogP contribution in [0.1, 0.15) is 66.8 Å². The van der Waals surface area contributed by atoms with Crippen LogP contribution in [0, 0.1) is 11.3 Å². The summed E-state index contributed by atoms with van der Waals surface area (Å²) < 4.78 is 9.94. The molecule has 1 saturated carbocycles. The fourth-order valence-corrected chi connectivity index (χ4v) is 8.81. The number of amides is 2. The molecule has 9 rings (SSSR count).